The molecule has 8 heteroatoms. The van der Waals surface area contributed by atoms with Gasteiger partial charge in [-0.05, 0) is 30.9 Å². The Morgan fingerprint density at radius 1 is 1.42 bits per heavy atom. The van der Waals surface area contributed by atoms with Gasteiger partial charge in [0.1, 0.15) is 6.61 Å². The fourth-order valence-corrected chi connectivity index (χ4v) is 3.64. The van der Waals surface area contributed by atoms with Crippen LogP contribution in [0.25, 0.3) is 0 Å². The van der Waals surface area contributed by atoms with Gasteiger partial charge in [-0.15, -0.1) is 0 Å². The van der Waals surface area contributed by atoms with Gasteiger partial charge >= 0.3 is 0 Å². The molecule has 1 aliphatic rings. The van der Waals surface area contributed by atoms with Crippen molar-refractivity contribution < 1.29 is 14.1 Å². The molecule has 6 nitrogen and oxygen atoms in total. The summed E-state index contributed by atoms with van der Waals surface area (Å²) in [5, 5.41) is 4.69. The van der Waals surface area contributed by atoms with E-state index in [9.17, 15) is 4.79 Å². The number of piperidine rings is 1. The van der Waals surface area contributed by atoms with Crippen molar-refractivity contribution in [2.24, 2.45) is 11.7 Å². The minimum atomic E-state index is -0.168. The zero-order valence-corrected chi connectivity index (χ0v) is 16.0. The third kappa shape index (κ3) is 4.14. The number of likely N-dealkylation sites (tertiary alicyclic amines) is 1. The maximum Gasteiger partial charge on any atom is 0.276 e. The minimum absolute atomic E-state index is 0.0320. The minimum Gasteiger partial charge on any atom is -0.482 e. The average Bonchev–Trinajstić information content (AvgIpc) is 3.09. The zero-order chi connectivity index (χ0) is 18.7. The monoisotopic (exact) mass is 397 g/mol. The van der Waals surface area contributed by atoms with Gasteiger partial charge in [-0.25, -0.2) is 0 Å². The molecule has 2 heterocycles. The summed E-state index contributed by atoms with van der Waals surface area (Å²) in [6.45, 7) is 3.36. The molecular weight excluding hydrogens is 377 g/mol. The van der Waals surface area contributed by atoms with E-state index in [4.69, 9.17) is 38.2 Å². The quantitative estimate of drug-likeness (QED) is 0.830. The predicted molar refractivity (Wildman–Crippen MR) is 99.6 cm³/mol. The number of carbonyl (C=O) groups is 1. The highest BCUT2D eigenvalue weighted by Crippen LogP contribution is 2.33. The van der Waals surface area contributed by atoms with Crippen LogP contribution in [0.2, 0.25) is 10.0 Å². The Balaban J connectivity index is 1.66. The molecule has 2 N–H and O–H groups in total. The molecule has 0 spiro atoms. The lowest BCUT2D eigenvalue weighted by atomic mass is 9.92. The second-order valence-electron chi connectivity index (χ2n) is 6.54. The summed E-state index contributed by atoms with van der Waals surface area (Å²) in [5.74, 6) is 1.18. The van der Waals surface area contributed by atoms with Crippen LogP contribution in [-0.2, 0) is 6.61 Å². The third-order valence-electron chi connectivity index (χ3n) is 4.57. The van der Waals surface area contributed by atoms with Crippen molar-refractivity contribution in [2.75, 3.05) is 13.1 Å². The predicted octanol–water partition coefficient (Wildman–Crippen LogP) is 3.76. The normalized spacial score (nSPS) is 20.2. The van der Waals surface area contributed by atoms with Crippen molar-refractivity contribution in [3.05, 3.63) is 45.8 Å². The van der Waals surface area contributed by atoms with E-state index >= 15 is 0 Å². The van der Waals surface area contributed by atoms with Crippen molar-refractivity contribution in [3.8, 4) is 5.75 Å². The first-order valence-corrected chi connectivity index (χ1v) is 9.28. The molecule has 2 aromatic rings. The van der Waals surface area contributed by atoms with Gasteiger partial charge in [0.2, 0.25) is 0 Å². The Labute approximate surface area is 162 Å². The first-order chi connectivity index (χ1) is 12.5. The van der Waals surface area contributed by atoms with Gasteiger partial charge in [0.05, 0.1) is 10.0 Å². The number of aromatic nitrogens is 1. The number of amides is 1. The molecule has 2 atom stereocenters. The largest absolute Gasteiger partial charge is 0.482 e. The van der Waals surface area contributed by atoms with E-state index in [-0.39, 0.29) is 24.2 Å². The highest BCUT2D eigenvalue weighted by Gasteiger charge is 2.31. The number of hydrogen-bond acceptors (Lipinski definition) is 5. The van der Waals surface area contributed by atoms with Gasteiger partial charge in [0.15, 0.2) is 17.2 Å². The summed E-state index contributed by atoms with van der Waals surface area (Å²) in [5.41, 5.74) is 6.09. The van der Waals surface area contributed by atoms with Crippen LogP contribution in [0.3, 0.4) is 0 Å². The number of benzene rings is 1. The van der Waals surface area contributed by atoms with Crippen LogP contribution in [0.4, 0.5) is 0 Å². The van der Waals surface area contributed by atoms with Crippen LogP contribution < -0.4 is 10.5 Å². The summed E-state index contributed by atoms with van der Waals surface area (Å²) in [6, 6.07) is 6.71. The first-order valence-electron chi connectivity index (χ1n) is 8.53. The number of para-hydroxylation sites is 1. The maximum absolute atomic E-state index is 12.7. The van der Waals surface area contributed by atoms with Crippen LogP contribution >= 0.6 is 23.2 Å². The van der Waals surface area contributed by atoms with Crippen molar-refractivity contribution >= 4 is 29.1 Å². The van der Waals surface area contributed by atoms with Crippen molar-refractivity contribution in [1.82, 2.24) is 10.1 Å². The number of ether oxygens (including phenoxy) is 1. The molecule has 140 valence electrons. The fraction of sp³-hybridized carbons (Fsp3) is 0.444. The SMILES string of the molecule is CC1CCN(C(=O)c2cc(COc3c(Cl)cccc3Cl)on2)C(CN)C1. The van der Waals surface area contributed by atoms with Gasteiger partial charge in [-0.2, -0.15) is 0 Å². The fourth-order valence-electron chi connectivity index (χ4n) is 3.14. The van der Waals surface area contributed by atoms with Crippen molar-refractivity contribution in [1.29, 1.82) is 0 Å². The second-order valence-corrected chi connectivity index (χ2v) is 7.35. The van der Waals surface area contributed by atoms with Crippen molar-refractivity contribution in [2.45, 2.75) is 32.4 Å². The standard InChI is InChI=1S/C18H21Cl2N3O3/c1-11-5-6-23(12(7-11)9-21)18(24)16-8-13(26-22-16)10-25-17-14(19)3-2-4-15(17)20/h2-4,8,11-12H,5-7,9-10,21H2,1H3. The smallest absolute Gasteiger partial charge is 0.276 e. The molecule has 1 fully saturated rings. The number of nitrogens with zero attached hydrogens (tertiary/aromatic N) is 2. The van der Waals surface area contributed by atoms with Gasteiger partial charge < -0.3 is 19.9 Å². The van der Waals surface area contributed by atoms with Crippen LogP contribution in [0.15, 0.2) is 28.8 Å². The highest BCUT2D eigenvalue weighted by molar-refractivity contribution is 6.37. The maximum atomic E-state index is 12.7. The summed E-state index contributed by atoms with van der Waals surface area (Å²) < 4.78 is 10.8. The van der Waals surface area contributed by atoms with E-state index in [1.165, 1.54) is 0 Å². The molecular formula is C18H21Cl2N3O3. The molecule has 0 saturated carbocycles. The first kappa shape index (κ1) is 19.0. The van der Waals surface area contributed by atoms with Crippen LogP contribution in [0.1, 0.15) is 36.0 Å². The van der Waals surface area contributed by atoms with E-state index in [2.05, 4.69) is 12.1 Å². The number of carbonyl (C=O) groups excluding carboxylic acids is 1. The van der Waals surface area contributed by atoms with Crippen molar-refractivity contribution in [3.63, 3.8) is 0 Å². The Kier molecular flexibility index (Phi) is 6.06. The van der Waals surface area contributed by atoms with Gasteiger partial charge in [0.25, 0.3) is 5.91 Å². The summed E-state index contributed by atoms with van der Waals surface area (Å²) >= 11 is 12.1. The lowest BCUT2D eigenvalue weighted by Gasteiger charge is -2.37. The number of halogens is 2. The van der Waals surface area contributed by atoms with E-state index in [0.717, 1.165) is 12.8 Å². The van der Waals surface area contributed by atoms with Crippen LogP contribution in [0, 0.1) is 5.92 Å². The second kappa shape index (κ2) is 8.29. The molecule has 1 saturated heterocycles. The van der Waals surface area contributed by atoms with E-state index < -0.39 is 0 Å². The molecule has 1 aliphatic heterocycles. The molecule has 0 aliphatic carbocycles. The molecule has 0 bridgehead atoms. The molecule has 1 amide bonds. The topological polar surface area (TPSA) is 81.6 Å². The molecule has 3 rings (SSSR count). The van der Waals surface area contributed by atoms with E-state index in [0.29, 0.717) is 40.6 Å². The lowest BCUT2D eigenvalue weighted by Crippen LogP contribution is -2.49. The summed E-state index contributed by atoms with van der Waals surface area (Å²) in [4.78, 5) is 14.5. The van der Waals surface area contributed by atoms with Gasteiger partial charge in [-0.1, -0.05) is 41.3 Å². The molecule has 2 unspecified atom stereocenters. The molecule has 1 aromatic carbocycles. The summed E-state index contributed by atoms with van der Waals surface area (Å²) in [7, 11) is 0. The van der Waals surface area contributed by atoms with Gasteiger partial charge in [0, 0.05) is 25.2 Å². The molecule has 1 aromatic heterocycles. The van der Waals surface area contributed by atoms with E-state index in [1.807, 2.05) is 0 Å². The highest BCUT2D eigenvalue weighted by atomic mass is 35.5. The zero-order valence-electron chi connectivity index (χ0n) is 14.5. The number of rotatable bonds is 5. The Hall–Kier alpha value is -1.76. The number of hydrogen-bond donors (Lipinski definition) is 1. The van der Waals surface area contributed by atoms with Crippen LogP contribution in [0.5, 0.6) is 5.75 Å². The lowest BCUT2D eigenvalue weighted by molar-refractivity contribution is 0.0563. The summed E-state index contributed by atoms with van der Waals surface area (Å²) in [6.07, 6.45) is 1.86. The third-order valence-corrected chi connectivity index (χ3v) is 5.16. The Bertz CT molecular complexity index is 761. The molecule has 0 radical (unpaired) electrons. The average molecular weight is 398 g/mol. The Morgan fingerprint density at radius 2 is 2.15 bits per heavy atom. The molecule has 26 heavy (non-hydrogen) atoms. The van der Waals surface area contributed by atoms with E-state index in [1.54, 1.807) is 29.2 Å². The number of nitrogens with two attached hydrogens (primary N) is 1. The van der Waals surface area contributed by atoms with Crippen LogP contribution in [-0.4, -0.2) is 35.1 Å². The Morgan fingerprint density at radius 3 is 2.85 bits per heavy atom. The van der Waals surface area contributed by atoms with Gasteiger partial charge in [-0.3, -0.25) is 4.79 Å².